The van der Waals surface area contributed by atoms with Crippen LogP contribution in [0.4, 0.5) is 0 Å². The van der Waals surface area contributed by atoms with Crippen LogP contribution < -0.4 is 0 Å². The van der Waals surface area contributed by atoms with E-state index in [1.54, 1.807) is 0 Å². The van der Waals surface area contributed by atoms with Gasteiger partial charge in [0.25, 0.3) is 0 Å². The van der Waals surface area contributed by atoms with Crippen LogP contribution in [0.25, 0.3) is 0 Å². The van der Waals surface area contributed by atoms with Crippen molar-refractivity contribution in [2.45, 2.75) is 66.2 Å². The number of hydrogen-bond acceptors (Lipinski definition) is 0. The van der Waals surface area contributed by atoms with Crippen LogP contribution in [0.2, 0.25) is 0 Å². The van der Waals surface area contributed by atoms with Gasteiger partial charge in [0.2, 0.25) is 0 Å². The van der Waals surface area contributed by atoms with Crippen LogP contribution in [0.3, 0.4) is 0 Å². The lowest BCUT2D eigenvalue weighted by atomic mass is 9.83. The van der Waals surface area contributed by atoms with Crippen molar-refractivity contribution < 1.29 is 0 Å². The summed E-state index contributed by atoms with van der Waals surface area (Å²) in [6, 6.07) is 0. The average Bonchev–Trinajstić information content (AvgIpc) is 2.33. The average molecular weight is 156 g/mol. The zero-order valence-corrected chi connectivity index (χ0v) is 7.45. The topological polar surface area (TPSA) is 0 Å². The van der Waals surface area contributed by atoms with Crippen molar-refractivity contribution in [3.8, 4) is 0 Å². The molecule has 11 heavy (non-hydrogen) atoms. The monoisotopic (exact) mass is 156 g/mol. The van der Waals surface area contributed by atoms with Gasteiger partial charge in [-0.1, -0.05) is 47.0 Å². The van der Waals surface area contributed by atoms with E-state index >= 15 is 0 Å². The molecule has 1 rings (SSSR count). The molecule has 1 saturated carbocycles. The lowest BCUT2D eigenvalue weighted by Gasteiger charge is -2.22. The largest absolute Gasteiger partial charge is 0.0776 e. The first-order valence-corrected chi connectivity index (χ1v) is 4.77. The fourth-order valence-electron chi connectivity index (χ4n) is 2.08. The highest BCUT2D eigenvalue weighted by Gasteiger charge is 2.27. The molecule has 0 atom stereocenters. The van der Waals surface area contributed by atoms with Gasteiger partial charge in [0.15, 0.2) is 0 Å². The first-order valence-electron chi connectivity index (χ1n) is 4.77. The number of rotatable bonds is 3. The third kappa shape index (κ3) is 3.27. The van der Waals surface area contributed by atoms with Crippen molar-refractivity contribution in [1.29, 1.82) is 0 Å². The van der Waals surface area contributed by atoms with Crippen molar-refractivity contribution in [3.05, 3.63) is 0 Å². The van der Waals surface area contributed by atoms with Crippen molar-refractivity contribution in [1.82, 2.24) is 0 Å². The molecule has 0 spiro atoms. The van der Waals surface area contributed by atoms with Crippen LogP contribution in [0.15, 0.2) is 0 Å². The predicted octanol–water partition coefficient (Wildman–Crippen LogP) is 4.39. The first-order chi connectivity index (χ1) is 4.77. The third-order valence-corrected chi connectivity index (χ3v) is 2.94. The van der Waals surface area contributed by atoms with E-state index in [-0.39, 0.29) is 7.43 Å². The van der Waals surface area contributed by atoms with Crippen molar-refractivity contribution in [2.75, 3.05) is 0 Å². The second-order valence-corrected chi connectivity index (χ2v) is 4.12. The lowest BCUT2D eigenvalue weighted by molar-refractivity contribution is 0.298. The molecular formula is C11H24. The molecule has 0 radical (unpaired) electrons. The van der Waals surface area contributed by atoms with Gasteiger partial charge in [0.1, 0.15) is 0 Å². The third-order valence-electron chi connectivity index (χ3n) is 2.94. The summed E-state index contributed by atoms with van der Waals surface area (Å²) >= 11 is 0. The Labute approximate surface area is 72.4 Å². The standard InChI is InChI=1S/C10H20.CH4/c1-3-4-7-10(2)8-5-6-9-10;/h3-9H2,1-2H3;1H4. The highest BCUT2D eigenvalue weighted by Crippen LogP contribution is 2.41. The summed E-state index contributed by atoms with van der Waals surface area (Å²) in [5, 5.41) is 0. The molecule has 1 fully saturated rings. The van der Waals surface area contributed by atoms with Gasteiger partial charge in [0.05, 0.1) is 0 Å². The molecule has 0 bridgehead atoms. The molecule has 68 valence electrons. The molecule has 0 nitrogen and oxygen atoms in total. The normalized spacial score (nSPS) is 21.3. The van der Waals surface area contributed by atoms with E-state index in [1.165, 1.54) is 44.9 Å². The molecule has 0 aromatic heterocycles. The van der Waals surface area contributed by atoms with E-state index < -0.39 is 0 Å². The Morgan fingerprint density at radius 3 is 2.18 bits per heavy atom. The lowest BCUT2D eigenvalue weighted by Crippen LogP contribution is -2.09. The fourth-order valence-corrected chi connectivity index (χ4v) is 2.08. The van der Waals surface area contributed by atoms with Gasteiger partial charge in [-0.15, -0.1) is 0 Å². The van der Waals surface area contributed by atoms with Crippen LogP contribution >= 0.6 is 0 Å². The predicted molar refractivity (Wildman–Crippen MR) is 52.8 cm³/mol. The Bertz CT molecular complexity index is 88.2. The highest BCUT2D eigenvalue weighted by molar-refractivity contribution is 4.79. The van der Waals surface area contributed by atoms with E-state index in [2.05, 4.69) is 13.8 Å². The van der Waals surface area contributed by atoms with Gasteiger partial charge in [-0.05, 0) is 24.7 Å². The zero-order chi connectivity index (χ0) is 7.45. The number of unbranched alkanes of at least 4 members (excludes halogenated alkanes) is 1. The van der Waals surface area contributed by atoms with Crippen molar-refractivity contribution >= 4 is 0 Å². The summed E-state index contributed by atoms with van der Waals surface area (Å²) in [4.78, 5) is 0. The van der Waals surface area contributed by atoms with Gasteiger partial charge in [-0.25, -0.2) is 0 Å². The van der Waals surface area contributed by atoms with Crippen LogP contribution in [-0.4, -0.2) is 0 Å². The molecule has 0 aliphatic heterocycles. The van der Waals surface area contributed by atoms with Gasteiger partial charge < -0.3 is 0 Å². The van der Waals surface area contributed by atoms with Gasteiger partial charge in [-0.2, -0.15) is 0 Å². The minimum absolute atomic E-state index is 0. The molecule has 0 aromatic rings. The molecule has 0 heterocycles. The summed E-state index contributed by atoms with van der Waals surface area (Å²) in [5.41, 5.74) is 0.746. The van der Waals surface area contributed by atoms with Crippen molar-refractivity contribution in [3.63, 3.8) is 0 Å². The summed E-state index contributed by atoms with van der Waals surface area (Å²) in [6.45, 7) is 4.76. The second-order valence-electron chi connectivity index (χ2n) is 4.12. The molecule has 0 N–H and O–H groups in total. The zero-order valence-electron chi connectivity index (χ0n) is 7.45. The molecule has 0 unspecified atom stereocenters. The van der Waals surface area contributed by atoms with E-state index in [4.69, 9.17) is 0 Å². The maximum Gasteiger partial charge on any atom is -0.0326 e. The van der Waals surface area contributed by atoms with Gasteiger partial charge >= 0.3 is 0 Å². The van der Waals surface area contributed by atoms with Crippen LogP contribution in [0.1, 0.15) is 66.2 Å². The van der Waals surface area contributed by atoms with Crippen molar-refractivity contribution in [2.24, 2.45) is 5.41 Å². The quantitative estimate of drug-likeness (QED) is 0.568. The first kappa shape index (κ1) is 11.0. The fraction of sp³-hybridized carbons (Fsp3) is 1.00. The number of hydrogen-bond donors (Lipinski definition) is 0. The smallest absolute Gasteiger partial charge is 0.0326 e. The SMILES string of the molecule is C.CCCCC1(C)CCCC1. The molecule has 1 aliphatic rings. The minimum Gasteiger partial charge on any atom is -0.0776 e. The molecular weight excluding hydrogens is 132 g/mol. The Balaban J connectivity index is 0.000001000. The minimum atomic E-state index is 0. The van der Waals surface area contributed by atoms with E-state index in [0.717, 1.165) is 5.41 Å². The van der Waals surface area contributed by atoms with Crippen LogP contribution in [0.5, 0.6) is 0 Å². The summed E-state index contributed by atoms with van der Waals surface area (Å²) in [7, 11) is 0. The summed E-state index contributed by atoms with van der Waals surface area (Å²) < 4.78 is 0. The molecule has 0 aromatic carbocycles. The molecule has 0 saturated heterocycles. The Morgan fingerprint density at radius 2 is 1.73 bits per heavy atom. The van der Waals surface area contributed by atoms with Gasteiger partial charge in [0, 0.05) is 0 Å². The molecule has 1 aliphatic carbocycles. The molecule has 0 amide bonds. The Morgan fingerprint density at radius 1 is 1.18 bits per heavy atom. The Hall–Kier alpha value is 0. The van der Waals surface area contributed by atoms with Crippen LogP contribution in [0, 0.1) is 5.41 Å². The maximum absolute atomic E-state index is 2.47. The van der Waals surface area contributed by atoms with E-state index in [9.17, 15) is 0 Å². The highest BCUT2D eigenvalue weighted by atomic mass is 14.3. The maximum atomic E-state index is 2.47. The summed E-state index contributed by atoms with van der Waals surface area (Å²) in [5.74, 6) is 0. The van der Waals surface area contributed by atoms with Crippen LogP contribution in [-0.2, 0) is 0 Å². The Kier molecular flexibility index (Phi) is 4.79. The molecule has 0 heteroatoms. The van der Waals surface area contributed by atoms with Gasteiger partial charge in [-0.3, -0.25) is 0 Å². The van der Waals surface area contributed by atoms with E-state index in [0.29, 0.717) is 0 Å². The van der Waals surface area contributed by atoms with E-state index in [1.807, 2.05) is 0 Å². The summed E-state index contributed by atoms with van der Waals surface area (Å²) in [6.07, 6.45) is 10.2. The second kappa shape index (κ2) is 4.79.